The van der Waals surface area contributed by atoms with Crippen LogP contribution in [0.4, 0.5) is 18.9 Å². The van der Waals surface area contributed by atoms with Gasteiger partial charge in [0.1, 0.15) is 5.60 Å². The molecule has 1 saturated heterocycles. The summed E-state index contributed by atoms with van der Waals surface area (Å²) in [6.07, 6.45) is -3.24. The Morgan fingerprint density at radius 1 is 1.21 bits per heavy atom. The molecular formula is C17H21BrF3NO2. The second kappa shape index (κ2) is 6.94. The van der Waals surface area contributed by atoms with Crippen molar-refractivity contribution < 1.29 is 22.7 Å². The van der Waals surface area contributed by atoms with Gasteiger partial charge in [-0.3, -0.25) is 4.79 Å². The number of carbonyl (C=O) groups is 1. The molecule has 1 heterocycles. The van der Waals surface area contributed by atoms with Gasteiger partial charge in [-0.1, -0.05) is 0 Å². The number of carbonyl (C=O) groups excluding carboxylic acids is 1. The zero-order valence-electron chi connectivity index (χ0n) is 13.9. The van der Waals surface area contributed by atoms with Crippen molar-refractivity contribution in [1.29, 1.82) is 0 Å². The highest BCUT2D eigenvalue weighted by Gasteiger charge is 2.33. The maximum Gasteiger partial charge on any atom is 0.416 e. The van der Waals surface area contributed by atoms with Gasteiger partial charge in [0.2, 0.25) is 0 Å². The van der Waals surface area contributed by atoms with Crippen molar-refractivity contribution in [2.75, 3.05) is 18.0 Å². The summed E-state index contributed by atoms with van der Waals surface area (Å²) in [7, 11) is 0. The fraction of sp³-hybridized carbons (Fsp3) is 0.588. The summed E-state index contributed by atoms with van der Waals surface area (Å²) in [4.78, 5) is 14.0. The lowest BCUT2D eigenvalue weighted by molar-refractivity contribution is -0.160. The predicted molar refractivity (Wildman–Crippen MR) is 89.9 cm³/mol. The summed E-state index contributed by atoms with van der Waals surface area (Å²) >= 11 is 3.32. The maximum atomic E-state index is 12.9. The zero-order chi connectivity index (χ0) is 18.1. The van der Waals surface area contributed by atoms with Crippen LogP contribution in [0.1, 0.15) is 39.2 Å². The second-order valence-electron chi connectivity index (χ2n) is 6.96. The molecule has 1 aromatic rings. The molecule has 0 unspecified atom stereocenters. The van der Waals surface area contributed by atoms with Gasteiger partial charge < -0.3 is 9.64 Å². The SMILES string of the molecule is CC(C)(C)OC(=O)C1CCN(c2cc(C(F)(F)F)ccc2Br)CC1. The largest absolute Gasteiger partial charge is 0.460 e. The van der Waals surface area contributed by atoms with Crippen molar-refractivity contribution in [3.8, 4) is 0 Å². The van der Waals surface area contributed by atoms with Crippen LogP contribution in [0.3, 0.4) is 0 Å². The smallest absolute Gasteiger partial charge is 0.416 e. The van der Waals surface area contributed by atoms with E-state index in [1.807, 2.05) is 25.7 Å². The molecule has 0 bridgehead atoms. The van der Waals surface area contributed by atoms with Crippen LogP contribution in [0.25, 0.3) is 0 Å². The third-order valence-corrected chi connectivity index (χ3v) is 4.52. The molecule has 0 atom stereocenters. The lowest BCUT2D eigenvalue weighted by atomic mass is 9.96. The van der Waals surface area contributed by atoms with E-state index in [9.17, 15) is 18.0 Å². The Morgan fingerprint density at radius 3 is 2.29 bits per heavy atom. The minimum absolute atomic E-state index is 0.204. The highest BCUT2D eigenvalue weighted by atomic mass is 79.9. The number of rotatable bonds is 2. The number of ether oxygens (including phenoxy) is 1. The van der Waals surface area contributed by atoms with Gasteiger partial charge in [-0.15, -0.1) is 0 Å². The first kappa shape index (κ1) is 19.1. The molecule has 0 amide bonds. The molecular weight excluding hydrogens is 387 g/mol. The quantitative estimate of drug-likeness (QED) is 0.644. The van der Waals surface area contributed by atoms with Gasteiger partial charge in [-0.05, 0) is 67.7 Å². The van der Waals surface area contributed by atoms with Crippen LogP contribution in [0.5, 0.6) is 0 Å². The van der Waals surface area contributed by atoms with Crippen molar-refractivity contribution in [1.82, 2.24) is 0 Å². The van der Waals surface area contributed by atoms with Crippen molar-refractivity contribution in [3.63, 3.8) is 0 Å². The van der Waals surface area contributed by atoms with Crippen LogP contribution in [0.15, 0.2) is 22.7 Å². The normalized spacial score (nSPS) is 17.0. The molecule has 0 spiro atoms. The third-order valence-electron chi connectivity index (χ3n) is 3.85. The molecule has 3 nitrogen and oxygen atoms in total. The molecule has 0 aliphatic carbocycles. The van der Waals surface area contributed by atoms with Crippen LogP contribution >= 0.6 is 15.9 Å². The summed E-state index contributed by atoms with van der Waals surface area (Å²) in [5.74, 6) is -0.435. The number of benzene rings is 1. The molecule has 7 heteroatoms. The molecule has 134 valence electrons. The fourth-order valence-corrected chi connectivity index (χ4v) is 3.17. The fourth-order valence-electron chi connectivity index (χ4n) is 2.67. The molecule has 0 aromatic heterocycles. The minimum Gasteiger partial charge on any atom is -0.460 e. The van der Waals surface area contributed by atoms with Gasteiger partial charge in [0, 0.05) is 17.6 Å². The Labute approximate surface area is 148 Å². The average Bonchev–Trinajstić information content (AvgIpc) is 2.45. The number of hydrogen-bond acceptors (Lipinski definition) is 3. The number of esters is 1. The molecule has 0 saturated carbocycles. The van der Waals surface area contributed by atoms with Crippen molar-refractivity contribution >= 4 is 27.6 Å². The summed E-state index contributed by atoms with van der Waals surface area (Å²) in [5.41, 5.74) is -0.694. The number of nitrogens with zero attached hydrogens (tertiary/aromatic N) is 1. The minimum atomic E-state index is -4.37. The van der Waals surface area contributed by atoms with Crippen LogP contribution in [-0.2, 0) is 15.7 Å². The highest BCUT2D eigenvalue weighted by molar-refractivity contribution is 9.10. The third kappa shape index (κ3) is 4.88. The van der Waals surface area contributed by atoms with E-state index in [1.54, 1.807) is 0 Å². The van der Waals surface area contributed by atoms with E-state index >= 15 is 0 Å². The molecule has 1 fully saturated rings. The summed E-state index contributed by atoms with van der Waals surface area (Å²) < 4.78 is 44.7. The van der Waals surface area contributed by atoms with Crippen molar-refractivity contribution in [3.05, 3.63) is 28.2 Å². The predicted octanol–water partition coefficient (Wildman–Crippen LogP) is 5.03. The Hall–Kier alpha value is -1.24. The van der Waals surface area contributed by atoms with E-state index in [0.29, 0.717) is 36.1 Å². The molecule has 0 N–H and O–H groups in total. The van der Waals surface area contributed by atoms with Gasteiger partial charge in [-0.2, -0.15) is 13.2 Å². The van der Waals surface area contributed by atoms with E-state index in [1.165, 1.54) is 6.07 Å². The average molecular weight is 408 g/mol. The first-order valence-electron chi connectivity index (χ1n) is 7.82. The Balaban J connectivity index is 2.06. The van der Waals surface area contributed by atoms with Gasteiger partial charge >= 0.3 is 12.1 Å². The topological polar surface area (TPSA) is 29.5 Å². The second-order valence-corrected chi connectivity index (χ2v) is 7.81. The summed E-state index contributed by atoms with van der Waals surface area (Å²) in [6.45, 7) is 6.49. The lowest BCUT2D eigenvalue weighted by Crippen LogP contribution is -2.39. The van der Waals surface area contributed by atoms with Crippen LogP contribution in [0, 0.1) is 5.92 Å². The Morgan fingerprint density at radius 2 is 1.79 bits per heavy atom. The van der Waals surface area contributed by atoms with E-state index in [2.05, 4.69) is 15.9 Å². The van der Waals surface area contributed by atoms with E-state index in [-0.39, 0.29) is 11.9 Å². The van der Waals surface area contributed by atoms with E-state index in [4.69, 9.17) is 4.74 Å². The summed E-state index contributed by atoms with van der Waals surface area (Å²) in [6, 6.07) is 3.62. The molecule has 1 aliphatic heterocycles. The van der Waals surface area contributed by atoms with Crippen LogP contribution in [0.2, 0.25) is 0 Å². The molecule has 1 aliphatic rings. The highest BCUT2D eigenvalue weighted by Crippen LogP contribution is 2.37. The maximum absolute atomic E-state index is 12.9. The monoisotopic (exact) mass is 407 g/mol. The van der Waals surface area contributed by atoms with Gasteiger partial charge in [-0.25, -0.2) is 0 Å². The van der Waals surface area contributed by atoms with Gasteiger partial charge in [0.25, 0.3) is 0 Å². The molecule has 24 heavy (non-hydrogen) atoms. The first-order chi connectivity index (χ1) is 11.0. The molecule has 2 rings (SSSR count). The number of hydrogen-bond donors (Lipinski definition) is 0. The summed E-state index contributed by atoms with van der Waals surface area (Å²) in [5, 5.41) is 0. The molecule has 0 radical (unpaired) electrons. The first-order valence-corrected chi connectivity index (χ1v) is 8.61. The lowest BCUT2D eigenvalue weighted by Gasteiger charge is -2.34. The number of alkyl halides is 3. The molecule has 1 aromatic carbocycles. The number of piperidine rings is 1. The van der Waals surface area contributed by atoms with E-state index in [0.717, 1.165) is 12.1 Å². The number of anilines is 1. The van der Waals surface area contributed by atoms with Crippen LogP contribution < -0.4 is 4.90 Å². The zero-order valence-corrected chi connectivity index (χ0v) is 15.5. The van der Waals surface area contributed by atoms with Crippen molar-refractivity contribution in [2.45, 2.75) is 45.4 Å². The van der Waals surface area contributed by atoms with E-state index < -0.39 is 17.3 Å². The van der Waals surface area contributed by atoms with Crippen LogP contribution in [-0.4, -0.2) is 24.7 Å². The van der Waals surface area contributed by atoms with Crippen molar-refractivity contribution in [2.24, 2.45) is 5.92 Å². The number of halogens is 4. The van der Waals surface area contributed by atoms with Gasteiger partial charge in [0.15, 0.2) is 0 Å². The van der Waals surface area contributed by atoms with Gasteiger partial charge in [0.05, 0.1) is 17.2 Å². The Bertz CT molecular complexity index is 603. The Kier molecular flexibility index (Phi) is 5.52. The standard InChI is InChI=1S/C17H21BrF3NO2/c1-16(2,3)24-15(23)11-6-8-22(9-7-11)14-10-12(17(19,20)21)4-5-13(14)18/h4-5,10-11H,6-9H2,1-3H3.